The monoisotopic (exact) mass is 293 g/mol. The van der Waals surface area contributed by atoms with Crippen molar-refractivity contribution in [2.75, 3.05) is 4.90 Å². The van der Waals surface area contributed by atoms with Gasteiger partial charge in [-0.05, 0) is 31.2 Å². The highest BCUT2D eigenvalue weighted by atomic mass is 16.2. The molecule has 2 aromatic carbocycles. The highest BCUT2D eigenvalue weighted by molar-refractivity contribution is 6.35. The van der Waals surface area contributed by atoms with E-state index in [-0.39, 0.29) is 22.3 Å². The van der Waals surface area contributed by atoms with Crippen LogP contribution >= 0.6 is 0 Å². The number of rotatable bonds is 3. The lowest BCUT2D eigenvalue weighted by Crippen LogP contribution is -2.29. The first-order valence-corrected chi connectivity index (χ1v) is 6.60. The lowest BCUT2D eigenvalue weighted by Gasteiger charge is -2.13. The Hall–Kier alpha value is -3.08. The molecular weight excluding hydrogens is 282 g/mol. The average Bonchev–Trinajstić information content (AvgIpc) is 2.78. The number of nitrogens with zero attached hydrogens (tertiary/aromatic N) is 1. The quantitative estimate of drug-likeness (QED) is 0.643. The highest BCUT2D eigenvalue weighted by Gasteiger charge is 2.37. The SMILES string of the molecule is Cc1ccc(N2C(=O)c3cc(C=O)c(C=O)cc3C2=O)cc1. The molecular formula is C17H11NO4. The average molecular weight is 293 g/mol. The molecule has 0 atom stereocenters. The van der Waals surface area contributed by atoms with Crippen LogP contribution in [0.3, 0.4) is 0 Å². The number of aryl methyl sites for hydroxylation is 1. The van der Waals surface area contributed by atoms with Gasteiger partial charge in [0, 0.05) is 11.1 Å². The van der Waals surface area contributed by atoms with Crippen molar-refractivity contribution in [2.45, 2.75) is 6.92 Å². The largest absolute Gasteiger partial charge is 0.298 e. The zero-order valence-corrected chi connectivity index (χ0v) is 11.7. The van der Waals surface area contributed by atoms with E-state index in [0.717, 1.165) is 10.5 Å². The van der Waals surface area contributed by atoms with E-state index in [0.29, 0.717) is 18.3 Å². The van der Waals surface area contributed by atoms with Crippen LogP contribution in [0.5, 0.6) is 0 Å². The number of benzene rings is 2. The number of hydrogen-bond acceptors (Lipinski definition) is 4. The minimum atomic E-state index is -0.496. The molecule has 1 heterocycles. The fourth-order valence-electron chi connectivity index (χ4n) is 2.45. The molecule has 0 spiro atoms. The predicted molar refractivity (Wildman–Crippen MR) is 79.5 cm³/mol. The van der Waals surface area contributed by atoms with Crippen LogP contribution in [0.15, 0.2) is 36.4 Å². The third-order valence-corrected chi connectivity index (χ3v) is 3.64. The van der Waals surface area contributed by atoms with Crippen LogP contribution in [0, 0.1) is 6.92 Å². The van der Waals surface area contributed by atoms with E-state index >= 15 is 0 Å². The molecule has 0 N–H and O–H groups in total. The van der Waals surface area contributed by atoms with Crippen molar-refractivity contribution in [3.8, 4) is 0 Å². The molecule has 22 heavy (non-hydrogen) atoms. The van der Waals surface area contributed by atoms with Crippen LogP contribution < -0.4 is 4.90 Å². The van der Waals surface area contributed by atoms with Crippen molar-refractivity contribution in [1.82, 2.24) is 0 Å². The molecule has 0 radical (unpaired) electrons. The summed E-state index contributed by atoms with van der Waals surface area (Å²) in [6, 6.07) is 9.54. The van der Waals surface area contributed by atoms with Crippen molar-refractivity contribution in [3.05, 3.63) is 64.2 Å². The third-order valence-electron chi connectivity index (χ3n) is 3.64. The zero-order chi connectivity index (χ0) is 15.9. The van der Waals surface area contributed by atoms with Gasteiger partial charge < -0.3 is 0 Å². The molecule has 108 valence electrons. The number of aldehydes is 2. The number of imide groups is 1. The molecule has 0 bridgehead atoms. The van der Waals surface area contributed by atoms with Crippen LogP contribution in [0.2, 0.25) is 0 Å². The van der Waals surface area contributed by atoms with E-state index in [1.54, 1.807) is 24.3 Å². The molecule has 0 saturated carbocycles. The van der Waals surface area contributed by atoms with E-state index < -0.39 is 11.8 Å². The zero-order valence-electron chi connectivity index (χ0n) is 11.7. The van der Waals surface area contributed by atoms with Gasteiger partial charge in [0.05, 0.1) is 16.8 Å². The first-order valence-electron chi connectivity index (χ1n) is 6.60. The van der Waals surface area contributed by atoms with Gasteiger partial charge in [-0.1, -0.05) is 17.7 Å². The first kappa shape index (κ1) is 13.9. The maximum absolute atomic E-state index is 12.5. The number of fused-ring (bicyclic) bond motifs is 1. The maximum atomic E-state index is 12.5. The molecule has 0 unspecified atom stereocenters. The molecule has 5 heteroatoms. The minimum Gasteiger partial charge on any atom is -0.298 e. The third kappa shape index (κ3) is 1.95. The molecule has 0 aliphatic carbocycles. The summed E-state index contributed by atoms with van der Waals surface area (Å²) < 4.78 is 0. The number of carbonyl (C=O) groups is 4. The maximum Gasteiger partial charge on any atom is 0.266 e. The Morgan fingerprint density at radius 3 is 1.68 bits per heavy atom. The molecule has 1 aliphatic heterocycles. The van der Waals surface area contributed by atoms with E-state index in [9.17, 15) is 19.2 Å². The van der Waals surface area contributed by atoms with Gasteiger partial charge in [0.15, 0.2) is 12.6 Å². The predicted octanol–water partition coefficient (Wildman–Crippen LogP) is 2.42. The molecule has 0 aromatic heterocycles. The minimum absolute atomic E-state index is 0.0978. The Bertz CT molecular complexity index is 774. The summed E-state index contributed by atoms with van der Waals surface area (Å²) in [5.41, 5.74) is 1.93. The lowest BCUT2D eigenvalue weighted by molar-refractivity contribution is 0.0925. The van der Waals surface area contributed by atoms with Gasteiger partial charge in [-0.2, -0.15) is 0 Å². The van der Waals surface area contributed by atoms with Gasteiger partial charge in [0.1, 0.15) is 0 Å². The van der Waals surface area contributed by atoms with Crippen molar-refractivity contribution >= 4 is 30.1 Å². The summed E-state index contributed by atoms with van der Waals surface area (Å²) in [5, 5.41) is 0. The van der Waals surface area contributed by atoms with Crippen LogP contribution in [-0.4, -0.2) is 24.4 Å². The van der Waals surface area contributed by atoms with E-state index in [1.807, 2.05) is 6.92 Å². The summed E-state index contributed by atoms with van der Waals surface area (Å²) in [4.78, 5) is 48.0. The summed E-state index contributed by atoms with van der Waals surface area (Å²) in [5.74, 6) is -0.992. The smallest absolute Gasteiger partial charge is 0.266 e. The van der Waals surface area contributed by atoms with Gasteiger partial charge in [-0.25, -0.2) is 4.90 Å². The van der Waals surface area contributed by atoms with E-state index in [1.165, 1.54) is 12.1 Å². The topological polar surface area (TPSA) is 71.5 Å². The number of anilines is 1. The van der Waals surface area contributed by atoms with Crippen LogP contribution in [0.1, 0.15) is 47.0 Å². The molecule has 2 aromatic rings. The van der Waals surface area contributed by atoms with Crippen molar-refractivity contribution in [2.24, 2.45) is 0 Å². The second-order valence-electron chi connectivity index (χ2n) is 5.04. The van der Waals surface area contributed by atoms with Crippen LogP contribution in [-0.2, 0) is 0 Å². The number of carbonyl (C=O) groups excluding carboxylic acids is 4. The Labute approximate surface area is 126 Å². The van der Waals surface area contributed by atoms with Gasteiger partial charge in [0.2, 0.25) is 0 Å². The first-order chi connectivity index (χ1) is 10.6. The van der Waals surface area contributed by atoms with Gasteiger partial charge in [0.25, 0.3) is 11.8 Å². The molecule has 5 nitrogen and oxygen atoms in total. The lowest BCUT2D eigenvalue weighted by atomic mass is 10.0. The Balaban J connectivity index is 2.14. The number of amides is 2. The van der Waals surface area contributed by atoms with E-state index in [4.69, 9.17) is 0 Å². The molecule has 2 amide bonds. The van der Waals surface area contributed by atoms with Crippen molar-refractivity contribution < 1.29 is 19.2 Å². The van der Waals surface area contributed by atoms with Gasteiger partial charge in [-0.3, -0.25) is 19.2 Å². The molecule has 1 aliphatic rings. The fourth-order valence-corrected chi connectivity index (χ4v) is 2.45. The summed E-state index contributed by atoms with van der Waals surface area (Å²) in [7, 11) is 0. The van der Waals surface area contributed by atoms with Crippen LogP contribution in [0.25, 0.3) is 0 Å². The molecule has 3 rings (SSSR count). The summed E-state index contributed by atoms with van der Waals surface area (Å²) >= 11 is 0. The highest BCUT2D eigenvalue weighted by Crippen LogP contribution is 2.30. The molecule has 0 saturated heterocycles. The Morgan fingerprint density at radius 1 is 0.818 bits per heavy atom. The Morgan fingerprint density at radius 2 is 1.27 bits per heavy atom. The second kappa shape index (κ2) is 5.04. The summed E-state index contributed by atoms with van der Waals surface area (Å²) in [6.07, 6.45) is 0.993. The standard InChI is InChI=1S/C17H11NO4/c1-10-2-4-13(5-3-10)18-16(21)14-6-11(8-19)12(9-20)7-15(14)17(18)22/h2-9H,1H3. The normalized spacial score (nSPS) is 13.2. The van der Waals surface area contributed by atoms with Crippen molar-refractivity contribution in [1.29, 1.82) is 0 Å². The molecule has 0 fully saturated rings. The van der Waals surface area contributed by atoms with Gasteiger partial charge >= 0.3 is 0 Å². The van der Waals surface area contributed by atoms with Crippen molar-refractivity contribution in [3.63, 3.8) is 0 Å². The fraction of sp³-hybridized carbons (Fsp3) is 0.0588. The number of hydrogen-bond donors (Lipinski definition) is 0. The Kier molecular flexibility index (Phi) is 3.18. The second-order valence-corrected chi connectivity index (χ2v) is 5.04. The summed E-state index contributed by atoms with van der Waals surface area (Å²) in [6.45, 7) is 1.90. The van der Waals surface area contributed by atoms with Gasteiger partial charge in [-0.15, -0.1) is 0 Å². The van der Waals surface area contributed by atoms with E-state index in [2.05, 4.69) is 0 Å². The van der Waals surface area contributed by atoms with Crippen LogP contribution in [0.4, 0.5) is 5.69 Å².